The van der Waals surface area contributed by atoms with Crippen LogP contribution in [0.2, 0.25) is 0 Å². The lowest BCUT2D eigenvalue weighted by Gasteiger charge is -2.13. The number of ether oxygens (including phenoxy) is 2. The van der Waals surface area contributed by atoms with Crippen molar-refractivity contribution in [1.29, 1.82) is 0 Å². The highest BCUT2D eigenvalue weighted by atomic mass is 16.5. The van der Waals surface area contributed by atoms with Gasteiger partial charge in [0.2, 0.25) is 0 Å². The molecule has 0 saturated carbocycles. The molecule has 1 heterocycles. The molecule has 1 aromatic carbocycles. The lowest BCUT2D eigenvalue weighted by molar-refractivity contribution is 0.102. The fraction of sp³-hybridized carbons (Fsp3) is 0.364. The fourth-order valence-electron chi connectivity index (χ4n) is 3.22. The van der Waals surface area contributed by atoms with Gasteiger partial charge in [0.15, 0.2) is 0 Å². The van der Waals surface area contributed by atoms with Crippen molar-refractivity contribution in [3.63, 3.8) is 0 Å². The van der Waals surface area contributed by atoms with E-state index in [2.05, 4.69) is 21.7 Å². The van der Waals surface area contributed by atoms with E-state index in [4.69, 9.17) is 9.47 Å². The van der Waals surface area contributed by atoms with E-state index in [0.29, 0.717) is 22.7 Å². The summed E-state index contributed by atoms with van der Waals surface area (Å²) >= 11 is 0. The van der Waals surface area contributed by atoms with Crippen molar-refractivity contribution in [3.05, 3.63) is 53.7 Å². The second-order valence-corrected chi connectivity index (χ2v) is 6.74. The molecule has 0 atom stereocenters. The summed E-state index contributed by atoms with van der Waals surface area (Å²) in [5.41, 5.74) is 2.56. The summed E-state index contributed by atoms with van der Waals surface area (Å²) in [6.45, 7) is 0.853. The van der Waals surface area contributed by atoms with Gasteiger partial charge in [0.1, 0.15) is 17.3 Å². The highest BCUT2D eigenvalue weighted by Crippen LogP contribution is 2.29. The molecule has 0 unspecified atom stereocenters. The van der Waals surface area contributed by atoms with Gasteiger partial charge in [-0.3, -0.25) is 4.79 Å². The van der Waals surface area contributed by atoms with E-state index in [-0.39, 0.29) is 5.91 Å². The number of hydrogen-bond acceptors (Lipinski definition) is 5. The van der Waals surface area contributed by atoms with Gasteiger partial charge in [0, 0.05) is 18.8 Å². The zero-order valence-corrected chi connectivity index (χ0v) is 16.5. The van der Waals surface area contributed by atoms with Gasteiger partial charge in [0.05, 0.1) is 25.5 Å². The van der Waals surface area contributed by atoms with Crippen molar-refractivity contribution in [1.82, 2.24) is 4.98 Å². The Morgan fingerprint density at radius 3 is 2.71 bits per heavy atom. The number of aromatic nitrogens is 1. The van der Waals surface area contributed by atoms with Gasteiger partial charge < -0.3 is 20.1 Å². The average molecular weight is 381 g/mol. The first-order chi connectivity index (χ1) is 13.7. The van der Waals surface area contributed by atoms with E-state index in [1.54, 1.807) is 44.7 Å². The number of methoxy groups -OCH3 is 2. The molecule has 0 fully saturated rings. The Hall–Kier alpha value is -3.02. The van der Waals surface area contributed by atoms with Crippen LogP contribution in [0.4, 0.5) is 11.5 Å². The first-order valence-electron chi connectivity index (χ1n) is 9.61. The third-order valence-electron chi connectivity index (χ3n) is 4.82. The number of nitrogens with one attached hydrogen (secondary N) is 2. The third kappa shape index (κ3) is 5.25. The summed E-state index contributed by atoms with van der Waals surface area (Å²) in [5.74, 6) is 1.73. The largest absolute Gasteiger partial charge is 0.497 e. The molecule has 3 rings (SSSR count). The molecule has 1 aromatic heterocycles. The summed E-state index contributed by atoms with van der Waals surface area (Å²) in [7, 11) is 3.14. The minimum Gasteiger partial charge on any atom is -0.497 e. The van der Waals surface area contributed by atoms with E-state index >= 15 is 0 Å². The zero-order chi connectivity index (χ0) is 19.8. The molecule has 6 heteroatoms. The number of nitrogens with zero attached hydrogens (tertiary/aromatic N) is 1. The number of hydrogen-bond donors (Lipinski definition) is 2. The van der Waals surface area contributed by atoms with E-state index in [9.17, 15) is 4.79 Å². The molecule has 0 radical (unpaired) electrons. The van der Waals surface area contributed by atoms with Crippen LogP contribution in [-0.2, 0) is 0 Å². The van der Waals surface area contributed by atoms with Crippen LogP contribution in [0, 0.1) is 0 Å². The normalized spacial score (nSPS) is 13.4. The highest BCUT2D eigenvalue weighted by Gasteiger charge is 2.12. The first kappa shape index (κ1) is 19.7. The average Bonchev–Trinajstić information content (AvgIpc) is 2.75. The summed E-state index contributed by atoms with van der Waals surface area (Å²) in [5, 5.41) is 6.17. The van der Waals surface area contributed by atoms with Gasteiger partial charge in [-0.05, 0) is 56.4 Å². The predicted molar refractivity (Wildman–Crippen MR) is 111 cm³/mol. The van der Waals surface area contributed by atoms with Crippen molar-refractivity contribution in [3.8, 4) is 11.5 Å². The Labute approximate surface area is 166 Å². The molecule has 148 valence electrons. The zero-order valence-electron chi connectivity index (χ0n) is 16.5. The summed E-state index contributed by atoms with van der Waals surface area (Å²) < 4.78 is 10.5. The molecule has 0 spiro atoms. The minimum absolute atomic E-state index is 0.252. The summed E-state index contributed by atoms with van der Waals surface area (Å²) in [6.07, 6.45) is 10.00. The molecule has 0 saturated heterocycles. The van der Waals surface area contributed by atoms with Crippen molar-refractivity contribution in [2.75, 3.05) is 31.4 Å². The Kier molecular flexibility index (Phi) is 6.89. The van der Waals surface area contributed by atoms with Crippen LogP contribution in [0.3, 0.4) is 0 Å². The van der Waals surface area contributed by atoms with Gasteiger partial charge in [-0.1, -0.05) is 11.6 Å². The molecule has 0 bridgehead atoms. The number of amides is 1. The van der Waals surface area contributed by atoms with Gasteiger partial charge in [-0.2, -0.15) is 0 Å². The lowest BCUT2D eigenvalue weighted by atomic mass is 9.97. The quantitative estimate of drug-likeness (QED) is 0.651. The maximum atomic E-state index is 12.5. The third-order valence-corrected chi connectivity index (χ3v) is 4.82. The molecular weight excluding hydrogens is 354 g/mol. The number of carbonyl (C=O) groups excluding carboxylic acids is 1. The molecule has 28 heavy (non-hydrogen) atoms. The second-order valence-electron chi connectivity index (χ2n) is 6.74. The topological polar surface area (TPSA) is 72.5 Å². The van der Waals surface area contributed by atoms with Gasteiger partial charge in [-0.15, -0.1) is 0 Å². The van der Waals surface area contributed by atoms with Crippen molar-refractivity contribution in [2.24, 2.45) is 0 Å². The Morgan fingerprint density at radius 2 is 2.04 bits per heavy atom. The van der Waals surface area contributed by atoms with Crippen LogP contribution in [0.15, 0.2) is 48.2 Å². The lowest BCUT2D eigenvalue weighted by Crippen LogP contribution is -2.13. The van der Waals surface area contributed by atoms with E-state index in [1.165, 1.54) is 31.3 Å². The SMILES string of the molecule is COc1ccc(OC)c(NC(=O)c2ccc(NCCC3=CCCCC3)nc2)c1. The molecule has 6 nitrogen and oxygen atoms in total. The summed E-state index contributed by atoms with van der Waals surface area (Å²) in [4.78, 5) is 16.9. The monoisotopic (exact) mass is 381 g/mol. The summed E-state index contributed by atoms with van der Waals surface area (Å²) in [6, 6.07) is 8.84. The number of rotatable bonds is 8. The Balaban J connectivity index is 1.57. The number of anilines is 2. The number of pyridine rings is 1. The number of allylic oxidation sites excluding steroid dienone is 1. The number of carbonyl (C=O) groups is 1. The van der Waals surface area contributed by atoms with Gasteiger partial charge >= 0.3 is 0 Å². The van der Waals surface area contributed by atoms with Crippen molar-refractivity contribution < 1.29 is 14.3 Å². The molecular formula is C22H27N3O3. The molecule has 2 N–H and O–H groups in total. The molecule has 1 amide bonds. The second kappa shape index (κ2) is 9.78. The van der Waals surface area contributed by atoms with E-state index in [0.717, 1.165) is 18.8 Å². The highest BCUT2D eigenvalue weighted by molar-refractivity contribution is 6.05. The predicted octanol–water partition coefficient (Wildman–Crippen LogP) is 4.65. The molecule has 1 aliphatic carbocycles. The van der Waals surface area contributed by atoms with Crippen LogP contribution in [0.5, 0.6) is 11.5 Å². The first-order valence-corrected chi connectivity index (χ1v) is 9.61. The van der Waals surface area contributed by atoms with E-state index < -0.39 is 0 Å². The van der Waals surface area contributed by atoms with Crippen molar-refractivity contribution >= 4 is 17.4 Å². The van der Waals surface area contributed by atoms with Gasteiger partial charge in [0.25, 0.3) is 5.91 Å². The maximum absolute atomic E-state index is 12.5. The van der Waals surface area contributed by atoms with Gasteiger partial charge in [-0.25, -0.2) is 4.98 Å². The smallest absolute Gasteiger partial charge is 0.257 e. The standard InChI is InChI=1S/C22H27N3O3/c1-27-18-9-10-20(28-2)19(14-18)25-22(26)17-8-11-21(24-15-17)23-13-12-16-6-4-3-5-7-16/h6,8-11,14-15H,3-5,7,12-13H2,1-2H3,(H,23,24)(H,25,26). The minimum atomic E-state index is -0.252. The van der Waals surface area contributed by atoms with Crippen LogP contribution >= 0.6 is 0 Å². The van der Waals surface area contributed by atoms with Crippen LogP contribution in [0.25, 0.3) is 0 Å². The molecule has 2 aromatic rings. The fourth-order valence-corrected chi connectivity index (χ4v) is 3.22. The van der Waals surface area contributed by atoms with Crippen LogP contribution in [0.1, 0.15) is 42.5 Å². The molecule has 0 aliphatic heterocycles. The molecule has 1 aliphatic rings. The van der Waals surface area contributed by atoms with E-state index in [1.807, 2.05) is 6.07 Å². The van der Waals surface area contributed by atoms with Crippen LogP contribution in [-0.4, -0.2) is 31.7 Å². The maximum Gasteiger partial charge on any atom is 0.257 e. The Bertz CT molecular complexity index is 831. The Morgan fingerprint density at radius 1 is 1.14 bits per heavy atom. The van der Waals surface area contributed by atoms with Crippen molar-refractivity contribution in [2.45, 2.75) is 32.1 Å². The van der Waals surface area contributed by atoms with Crippen LogP contribution < -0.4 is 20.1 Å². The number of benzene rings is 1.